The van der Waals surface area contributed by atoms with Crippen LogP contribution in [0.25, 0.3) is 0 Å². The van der Waals surface area contributed by atoms with Gasteiger partial charge < -0.3 is 5.32 Å². The van der Waals surface area contributed by atoms with Crippen LogP contribution in [0.5, 0.6) is 0 Å². The van der Waals surface area contributed by atoms with Crippen LogP contribution in [0.1, 0.15) is 72.1 Å². The average molecular weight is 266 g/mol. The molecular weight excluding hydrogens is 232 g/mol. The Morgan fingerprint density at radius 1 is 1.16 bits per heavy atom. The largest absolute Gasteiger partial charge is 0.311 e. The Morgan fingerprint density at radius 3 is 2.53 bits per heavy atom. The molecule has 19 heavy (non-hydrogen) atoms. The van der Waals surface area contributed by atoms with Gasteiger partial charge in [0.15, 0.2) is 0 Å². The zero-order valence-corrected chi connectivity index (χ0v) is 13.3. The normalized spacial score (nSPS) is 32.4. The fourth-order valence-electron chi connectivity index (χ4n) is 4.19. The molecule has 3 unspecified atom stereocenters. The van der Waals surface area contributed by atoms with E-state index in [-0.39, 0.29) is 0 Å². The van der Waals surface area contributed by atoms with E-state index in [1.54, 1.807) is 0 Å². The Labute approximate surface area is 120 Å². The molecule has 0 spiro atoms. The first-order valence-corrected chi connectivity index (χ1v) is 8.75. The summed E-state index contributed by atoms with van der Waals surface area (Å²) >= 11 is 0. The zero-order valence-electron chi connectivity index (χ0n) is 13.3. The van der Waals surface area contributed by atoms with Gasteiger partial charge >= 0.3 is 0 Å². The van der Waals surface area contributed by atoms with Crippen molar-refractivity contribution in [3.63, 3.8) is 0 Å². The molecule has 1 saturated heterocycles. The summed E-state index contributed by atoms with van der Waals surface area (Å²) in [7, 11) is 0. The maximum Gasteiger partial charge on any atom is 0.0221 e. The molecule has 0 aromatic rings. The van der Waals surface area contributed by atoms with Gasteiger partial charge in [0.2, 0.25) is 0 Å². The molecule has 0 aromatic heterocycles. The zero-order chi connectivity index (χ0) is 13.7. The van der Waals surface area contributed by atoms with Gasteiger partial charge in [0.1, 0.15) is 0 Å². The number of nitrogens with zero attached hydrogens (tertiary/aromatic N) is 1. The molecular formula is C17H34N2. The van der Waals surface area contributed by atoms with E-state index in [0.717, 1.165) is 24.0 Å². The van der Waals surface area contributed by atoms with Crippen LogP contribution in [-0.2, 0) is 0 Å². The monoisotopic (exact) mass is 266 g/mol. The minimum atomic E-state index is 0.735. The molecule has 112 valence electrons. The highest BCUT2D eigenvalue weighted by molar-refractivity contribution is 4.90. The predicted molar refractivity (Wildman–Crippen MR) is 83.5 cm³/mol. The first-order chi connectivity index (χ1) is 9.26. The SMILES string of the molecule is CCCC1CN(C(C)C2CCCCC2)C(CC)CN1. The Hall–Kier alpha value is -0.0800. The fraction of sp³-hybridized carbons (Fsp3) is 1.00. The third kappa shape index (κ3) is 3.95. The van der Waals surface area contributed by atoms with Gasteiger partial charge in [-0.3, -0.25) is 4.90 Å². The minimum absolute atomic E-state index is 0.735. The molecule has 2 nitrogen and oxygen atoms in total. The Morgan fingerprint density at radius 2 is 1.89 bits per heavy atom. The van der Waals surface area contributed by atoms with Crippen LogP contribution in [0.15, 0.2) is 0 Å². The molecule has 0 aromatic carbocycles. The van der Waals surface area contributed by atoms with Crippen LogP contribution in [0.4, 0.5) is 0 Å². The van der Waals surface area contributed by atoms with Gasteiger partial charge in [-0.05, 0) is 38.5 Å². The van der Waals surface area contributed by atoms with Gasteiger partial charge in [-0.15, -0.1) is 0 Å². The first-order valence-electron chi connectivity index (χ1n) is 8.75. The third-order valence-electron chi connectivity index (χ3n) is 5.51. The van der Waals surface area contributed by atoms with Gasteiger partial charge in [-0.1, -0.05) is 39.5 Å². The van der Waals surface area contributed by atoms with Crippen molar-refractivity contribution in [2.24, 2.45) is 5.92 Å². The van der Waals surface area contributed by atoms with Gasteiger partial charge in [-0.2, -0.15) is 0 Å². The van der Waals surface area contributed by atoms with E-state index < -0.39 is 0 Å². The van der Waals surface area contributed by atoms with Crippen LogP contribution < -0.4 is 5.32 Å². The molecule has 1 aliphatic carbocycles. The highest BCUT2D eigenvalue weighted by Gasteiger charge is 2.33. The van der Waals surface area contributed by atoms with Crippen LogP contribution in [0.3, 0.4) is 0 Å². The molecule has 0 bridgehead atoms. The van der Waals surface area contributed by atoms with Crippen molar-refractivity contribution in [2.45, 2.75) is 90.3 Å². The molecule has 1 heterocycles. The van der Waals surface area contributed by atoms with Gasteiger partial charge in [0.25, 0.3) is 0 Å². The summed E-state index contributed by atoms with van der Waals surface area (Å²) in [5.74, 6) is 0.961. The molecule has 0 amide bonds. The molecule has 1 aliphatic heterocycles. The molecule has 1 saturated carbocycles. The Kier molecular flexibility index (Phi) is 6.15. The van der Waals surface area contributed by atoms with Crippen molar-refractivity contribution in [3.8, 4) is 0 Å². The molecule has 3 atom stereocenters. The smallest absolute Gasteiger partial charge is 0.0221 e. The van der Waals surface area contributed by atoms with Crippen molar-refractivity contribution in [2.75, 3.05) is 13.1 Å². The van der Waals surface area contributed by atoms with E-state index in [9.17, 15) is 0 Å². The minimum Gasteiger partial charge on any atom is -0.311 e. The van der Waals surface area contributed by atoms with Crippen molar-refractivity contribution < 1.29 is 0 Å². The van der Waals surface area contributed by atoms with E-state index in [0.29, 0.717) is 0 Å². The standard InChI is InChI=1S/C17H34N2/c1-4-9-16-13-19(17(5-2)12-18-16)14(3)15-10-7-6-8-11-15/h14-18H,4-13H2,1-3H3. The third-order valence-corrected chi connectivity index (χ3v) is 5.51. The number of nitrogens with one attached hydrogen (secondary N) is 1. The first kappa shape index (κ1) is 15.3. The van der Waals surface area contributed by atoms with E-state index in [2.05, 4.69) is 31.0 Å². The Bertz CT molecular complexity index is 248. The van der Waals surface area contributed by atoms with E-state index in [1.807, 2.05) is 0 Å². The summed E-state index contributed by atoms with van der Waals surface area (Å²) in [6.45, 7) is 9.66. The maximum absolute atomic E-state index is 3.77. The molecule has 2 heteroatoms. The van der Waals surface area contributed by atoms with E-state index >= 15 is 0 Å². The summed E-state index contributed by atoms with van der Waals surface area (Å²) in [6.07, 6.45) is 11.3. The summed E-state index contributed by atoms with van der Waals surface area (Å²) < 4.78 is 0. The topological polar surface area (TPSA) is 15.3 Å². The van der Waals surface area contributed by atoms with Crippen molar-refractivity contribution in [1.82, 2.24) is 10.2 Å². The van der Waals surface area contributed by atoms with E-state index in [1.165, 1.54) is 64.5 Å². The van der Waals surface area contributed by atoms with Gasteiger partial charge in [0, 0.05) is 31.2 Å². The quantitative estimate of drug-likeness (QED) is 0.814. The average Bonchev–Trinajstić information content (AvgIpc) is 2.47. The number of hydrogen-bond acceptors (Lipinski definition) is 2. The molecule has 2 rings (SSSR count). The summed E-state index contributed by atoms with van der Waals surface area (Å²) in [6, 6.07) is 2.30. The van der Waals surface area contributed by atoms with Crippen LogP contribution in [0.2, 0.25) is 0 Å². The highest BCUT2D eigenvalue weighted by Crippen LogP contribution is 2.31. The molecule has 0 radical (unpaired) electrons. The van der Waals surface area contributed by atoms with Crippen molar-refractivity contribution in [1.29, 1.82) is 0 Å². The molecule has 1 N–H and O–H groups in total. The second-order valence-corrected chi connectivity index (χ2v) is 6.79. The lowest BCUT2D eigenvalue weighted by Gasteiger charge is -2.46. The number of hydrogen-bond donors (Lipinski definition) is 1. The second kappa shape index (κ2) is 7.64. The van der Waals surface area contributed by atoms with Crippen molar-refractivity contribution in [3.05, 3.63) is 0 Å². The second-order valence-electron chi connectivity index (χ2n) is 6.79. The number of rotatable bonds is 5. The lowest BCUT2D eigenvalue weighted by molar-refractivity contribution is 0.0452. The van der Waals surface area contributed by atoms with Crippen LogP contribution >= 0.6 is 0 Å². The number of piperazine rings is 1. The summed E-state index contributed by atoms with van der Waals surface area (Å²) in [4.78, 5) is 2.85. The lowest BCUT2D eigenvalue weighted by Crippen LogP contribution is -2.60. The fourth-order valence-corrected chi connectivity index (χ4v) is 4.19. The molecule has 2 fully saturated rings. The predicted octanol–water partition coefficient (Wildman–Crippen LogP) is 3.81. The highest BCUT2D eigenvalue weighted by atomic mass is 15.3. The van der Waals surface area contributed by atoms with Crippen LogP contribution in [0, 0.1) is 5.92 Å². The van der Waals surface area contributed by atoms with E-state index in [4.69, 9.17) is 0 Å². The molecule has 2 aliphatic rings. The van der Waals surface area contributed by atoms with Crippen LogP contribution in [-0.4, -0.2) is 36.1 Å². The van der Waals surface area contributed by atoms with Crippen molar-refractivity contribution >= 4 is 0 Å². The lowest BCUT2D eigenvalue weighted by atomic mass is 9.83. The summed E-state index contributed by atoms with van der Waals surface area (Å²) in [5, 5.41) is 3.77. The maximum atomic E-state index is 3.77. The Balaban J connectivity index is 1.95. The van der Waals surface area contributed by atoms with Gasteiger partial charge in [0.05, 0.1) is 0 Å². The van der Waals surface area contributed by atoms with Gasteiger partial charge in [-0.25, -0.2) is 0 Å². The summed E-state index contributed by atoms with van der Waals surface area (Å²) in [5.41, 5.74) is 0.